The third-order valence-corrected chi connectivity index (χ3v) is 3.88. The van der Waals surface area contributed by atoms with Crippen LogP contribution < -0.4 is 4.74 Å². The number of aliphatic carboxylic acids is 1. The average Bonchev–Trinajstić information content (AvgIpc) is 2.93. The van der Waals surface area contributed by atoms with Crippen molar-refractivity contribution in [2.75, 3.05) is 20.7 Å². The van der Waals surface area contributed by atoms with Crippen LogP contribution in [0.2, 0.25) is 0 Å². The van der Waals surface area contributed by atoms with Gasteiger partial charge in [-0.25, -0.2) is 4.98 Å². The third-order valence-electron chi connectivity index (χ3n) is 3.05. The predicted octanol–water partition coefficient (Wildman–Crippen LogP) is 2.73. The van der Waals surface area contributed by atoms with Gasteiger partial charge in [-0.15, -0.1) is 11.3 Å². The number of aromatic nitrogens is 1. The van der Waals surface area contributed by atoms with Gasteiger partial charge < -0.3 is 9.84 Å². The van der Waals surface area contributed by atoms with Crippen molar-refractivity contribution in [3.63, 3.8) is 0 Å². The molecule has 2 rings (SSSR count). The molecule has 0 saturated heterocycles. The van der Waals surface area contributed by atoms with E-state index >= 15 is 0 Å². The summed E-state index contributed by atoms with van der Waals surface area (Å²) in [4.78, 5) is 17.1. The molecule has 0 unspecified atom stereocenters. The second-order valence-electron chi connectivity index (χ2n) is 4.71. The third kappa shape index (κ3) is 4.27. The quantitative estimate of drug-likeness (QED) is 0.852. The molecule has 6 heteroatoms. The molecule has 5 nitrogen and oxygen atoms in total. The van der Waals surface area contributed by atoms with Crippen LogP contribution in [0.4, 0.5) is 0 Å². The Labute approximate surface area is 127 Å². The topological polar surface area (TPSA) is 62.7 Å². The molecule has 0 aliphatic heterocycles. The minimum atomic E-state index is -0.782. The van der Waals surface area contributed by atoms with Gasteiger partial charge in [0, 0.05) is 17.5 Å². The molecule has 1 aromatic carbocycles. The molecule has 0 aliphatic rings. The number of rotatable bonds is 7. The summed E-state index contributed by atoms with van der Waals surface area (Å²) in [6.07, 6.45) is 0.140. The molecule has 2 aromatic rings. The van der Waals surface area contributed by atoms with E-state index in [-0.39, 0.29) is 6.42 Å². The minimum Gasteiger partial charge on any atom is -0.496 e. The number of carbonyl (C=O) groups is 1. The summed E-state index contributed by atoms with van der Waals surface area (Å²) in [5, 5.41) is 11.6. The fraction of sp³-hybridized carbons (Fsp3) is 0.333. The maximum atomic E-state index is 10.6. The highest BCUT2D eigenvalue weighted by Crippen LogP contribution is 2.30. The van der Waals surface area contributed by atoms with Gasteiger partial charge in [-0.05, 0) is 19.2 Å². The fourth-order valence-corrected chi connectivity index (χ4v) is 2.83. The van der Waals surface area contributed by atoms with Crippen LogP contribution in [0, 0.1) is 0 Å². The zero-order valence-corrected chi connectivity index (χ0v) is 12.9. The first kappa shape index (κ1) is 15.5. The summed E-state index contributed by atoms with van der Waals surface area (Å²) in [5.41, 5.74) is 1.86. The Bertz CT molecular complexity index is 612. The normalized spacial score (nSPS) is 10.8. The maximum absolute atomic E-state index is 10.6. The molecule has 0 radical (unpaired) electrons. The van der Waals surface area contributed by atoms with E-state index in [1.54, 1.807) is 18.4 Å². The Kier molecular flexibility index (Phi) is 5.30. The Hall–Kier alpha value is -1.92. The SMILES string of the molecule is COc1ccccc1-c1csc(CN(C)CCC(=O)O)n1. The van der Waals surface area contributed by atoms with Crippen LogP contribution >= 0.6 is 11.3 Å². The molecule has 0 aliphatic carbocycles. The zero-order valence-electron chi connectivity index (χ0n) is 12.1. The van der Waals surface area contributed by atoms with E-state index in [9.17, 15) is 4.79 Å². The largest absolute Gasteiger partial charge is 0.496 e. The highest BCUT2D eigenvalue weighted by Gasteiger charge is 2.11. The number of nitrogens with zero attached hydrogens (tertiary/aromatic N) is 2. The lowest BCUT2D eigenvalue weighted by Crippen LogP contribution is -2.21. The maximum Gasteiger partial charge on any atom is 0.304 e. The number of para-hydroxylation sites is 1. The highest BCUT2D eigenvalue weighted by molar-refractivity contribution is 7.09. The van der Waals surface area contributed by atoms with Crippen LogP contribution in [0.1, 0.15) is 11.4 Å². The molecule has 0 atom stereocenters. The molecule has 1 aromatic heterocycles. The van der Waals surface area contributed by atoms with Crippen molar-refractivity contribution in [2.24, 2.45) is 0 Å². The zero-order chi connectivity index (χ0) is 15.2. The van der Waals surface area contributed by atoms with Crippen molar-refractivity contribution in [1.82, 2.24) is 9.88 Å². The van der Waals surface area contributed by atoms with Gasteiger partial charge in [0.15, 0.2) is 0 Å². The summed E-state index contributed by atoms with van der Waals surface area (Å²) in [6.45, 7) is 1.16. The molecule has 21 heavy (non-hydrogen) atoms. The van der Waals surface area contributed by atoms with Gasteiger partial charge >= 0.3 is 5.97 Å². The van der Waals surface area contributed by atoms with Crippen molar-refractivity contribution in [2.45, 2.75) is 13.0 Å². The number of carboxylic acids is 1. The van der Waals surface area contributed by atoms with Gasteiger partial charge in [0.05, 0.1) is 25.8 Å². The first-order chi connectivity index (χ1) is 10.1. The van der Waals surface area contributed by atoms with E-state index in [1.807, 2.05) is 41.6 Å². The predicted molar refractivity (Wildman–Crippen MR) is 82.7 cm³/mol. The van der Waals surface area contributed by atoms with Crippen LogP contribution in [-0.2, 0) is 11.3 Å². The molecule has 112 valence electrons. The molecule has 0 fully saturated rings. The Morgan fingerprint density at radius 2 is 2.19 bits per heavy atom. The van der Waals surface area contributed by atoms with Crippen LogP contribution in [-0.4, -0.2) is 41.7 Å². The Morgan fingerprint density at radius 3 is 2.90 bits per heavy atom. The monoisotopic (exact) mass is 306 g/mol. The van der Waals surface area contributed by atoms with E-state index in [4.69, 9.17) is 9.84 Å². The summed E-state index contributed by atoms with van der Waals surface area (Å²) in [6, 6.07) is 7.77. The van der Waals surface area contributed by atoms with Crippen molar-refractivity contribution < 1.29 is 14.6 Å². The van der Waals surface area contributed by atoms with Gasteiger partial charge in [-0.1, -0.05) is 12.1 Å². The highest BCUT2D eigenvalue weighted by atomic mass is 32.1. The van der Waals surface area contributed by atoms with E-state index in [2.05, 4.69) is 4.98 Å². The summed E-state index contributed by atoms with van der Waals surface area (Å²) < 4.78 is 5.34. The van der Waals surface area contributed by atoms with Crippen LogP contribution in [0.15, 0.2) is 29.6 Å². The first-order valence-corrected chi connectivity index (χ1v) is 7.46. The molecule has 0 bridgehead atoms. The number of thiazole rings is 1. The second-order valence-corrected chi connectivity index (χ2v) is 5.65. The molecule has 1 N–H and O–H groups in total. The lowest BCUT2D eigenvalue weighted by molar-refractivity contribution is -0.137. The summed E-state index contributed by atoms with van der Waals surface area (Å²) >= 11 is 1.57. The van der Waals surface area contributed by atoms with E-state index in [0.29, 0.717) is 13.1 Å². The number of methoxy groups -OCH3 is 1. The first-order valence-electron chi connectivity index (χ1n) is 6.58. The number of ether oxygens (including phenoxy) is 1. The standard InChI is InChI=1S/C15H18N2O3S/c1-17(8-7-15(18)19)9-14-16-12(10-21-14)11-5-3-4-6-13(11)20-2/h3-6,10H,7-9H2,1-2H3,(H,18,19). The smallest absolute Gasteiger partial charge is 0.304 e. The van der Waals surface area contributed by atoms with Crippen molar-refractivity contribution >= 4 is 17.3 Å². The molecular formula is C15H18N2O3S. The average molecular weight is 306 g/mol. The van der Waals surface area contributed by atoms with Gasteiger partial charge in [0.2, 0.25) is 0 Å². The second kappa shape index (κ2) is 7.19. The van der Waals surface area contributed by atoms with E-state index in [1.165, 1.54) is 0 Å². The van der Waals surface area contributed by atoms with Gasteiger partial charge in [0.25, 0.3) is 0 Å². The fourth-order valence-electron chi connectivity index (χ4n) is 1.96. The Balaban J connectivity index is 2.06. The number of hydrogen-bond acceptors (Lipinski definition) is 5. The summed E-state index contributed by atoms with van der Waals surface area (Å²) in [5.74, 6) is 0.0179. The number of carboxylic acid groups (broad SMARTS) is 1. The molecular weight excluding hydrogens is 288 g/mol. The van der Waals surface area contributed by atoms with Crippen LogP contribution in [0.5, 0.6) is 5.75 Å². The van der Waals surface area contributed by atoms with Crippen LogP contribution in [0.3, 0.4) is 0 Å². The number of hydrogen-bond donors (Lipinski definition) is 1. The lowest BCUT2D eigenvalue weighted by atomic mass is 10.1. The van der Waals surface area contributed by atoms with Gasteiger partial charge in [-0.2, -0.15) is 0 Å². The molecule has 1 heterocycles. The van der Waals surface area contributed by atoms with E-state index < -0.39 is 5.97 Å². The molecule has 0 saturated carbocycles. The lowest BCUT2D eigenvalue weighted by Gasteiger charge is -2.13. The Morgan fingerprint density at radius 1 is 1.43 bits per heavy atom. The molecule has 0 amide bonds. The molecule has 0 spiro atoms. The van der Waals surface area contributed by atoms with Crippen LogP contribution in [0.25, 0.3) is 11.3 Å². The van der Waals surface area contributed by atoms with Gasteiger partial charge in [-0.3, -0.25) is 9.69 Å². The number of benzene rings is 1. The van der Waals surface area contributed by atoms with E-state index in [0.717, 1.165) is 22.0 Å². The minimum absolute atomic E-state index is 0.140. The van der Waals surface area contributed by atoms with Crippen molar-refractivity contribution in [3.05, 3.63) is 34.7 Å². The summed E-state index contributed by atoms with van der Waals surface area (Å²) in [7, 11) is 3.54. The van der Waals surface area contributed by atoms with Gasteiger partial charge in [0.1, 0.15) is 10.8 Å². The van der Waals surface area contributed by atoms with Crippen molar-refractivity contribution in [3.8, 4) is 17.0 Å². The van der Waals surface area contributed by atoms with Crippen molar-refractivity contribution in [1.29, 1.82) is 0 Å².